The molecule has 4 rings (SSSR count). The number of benzene rings is 4. The number of hydrogen-bond donors (Lipinski definition) is 2. The van der Waals surface area contributed by atoms with Crippen molar-refractivity contribution in [3.05, 3.63) is 119 Å². The molecule has 0 aliphatic heterocycles. The van der Waals surface area contributed by atoms with Crippen LogP contribution in [-0.4, -0.2) is 26.0 Å². The highest BCUT2D eigenvalue weighted by Crippen LogP contribution is 2.40. The number of halogens is 1. The maximum Gasteiger partial charge on any atom is 0.248 e. The molecule has 4 aromatic carbocycles. The summed E-state index contributed by atoms with van der Waals surface area (Å²) in [6.45, 7) is 0. The van der Waals surface area contributed by atoms with Crippen LogP contribution >= 0.6 is 23.4 Å². The van der Waals surface area contributed by atoms with Gasteiger partial charge in [0.2, 0.25) is 11.8 Å². The van der Waals surface area contributed by atoms with Crippen LogP contribution in [0.4, 0.5) is 11.4 Å². The summed E-state index contributed by atoms with van der Waals surface area (Å²) in [7, 11) is 3.02. The van der Waals surface area contributed by atoms with E-state index in [-0.39, 0.29) is 11.8 Å². The van der Waals surface area contributed by atoms with E-state index in [1.165, 1.54) is 32.1 Å². The van der Waals surface area contributed by atoms with Crippen molar-refractivity contribution in [3.8, 4) is 11.5 Å². The summed E-state index contributed by atoms with van der Waals surface area (Å²) in [6, 6.07) is 29.7. The predicted octanol–water partition coefficient (Wildman–Crippen LogP) is 7.48. The van der Waals surface area contributed by atoms with Crippen molar-refractivity contribution in [1.29, 1.82) is 0 Å². The van der Waals surface area contributed by atoms with Crippen LogP contribution < -0.4 is 20.1 Å². The first-order valence-corrected chi connectivity index (χ1v) is 13.3. The Kier molecular flexibility index (Phi) is 9.67. The van der Waals surface area contributed by atoms with Gasteiger partial charge in [-0.2, -0.15) is 0 Å². The second-order valence-electron chi connectivity index (χ2n) is 8.35. The van der Waals surface area contributed by atoms with Gasteiger partial charge in [0, 0.05) is 22.7 Å². The lowest BCUT2D eigenvalue weighted by molar-refractivity contribution is -0.116. The lowest BCUT2D eigenvalue weighted by Crippen LogP contribution is -2.19. The molecule has 1 unspecified atom stereocenters. The first kappa shape index (κ1) is 27.8. The van der Waals surface area contributed by atoms with Crippen molar-refractivity contribution in [2.45, 2.75) is 10.1 Å². The standard InChI is InChI=1S/C31H27ClN2O4S/c1-37-27-20-28(38-2)26(19-25(27)32)34-31(36)30(22-12-7-4-8-13-22)39-24-15-9-14-23(18-24)33-29(35)17-16-21-10-5-3-6-11-21/h3-20,30H,1-2H3,(H,33,35)(H,34,36)/b17-16+. The summed E-state index contributed by atoms with van der Waals surface area (Å²) in [5, 5.41) is 5.58. The summed E-state index contributed by atoms with van der Waals surface area (Å²) in [5.74, 6) is 0.362. The number of carbonyl (C=O) groups is 2. The van der Waals surface area contributed by atoms with Crippen molar-refractivity contribution in [1.82, 2.24) is 0 Å². The van der Waals surface area contributed by atoms with Gasteiger partial charge < -0.3 is 20.1 Å². The van der Waals surface area contributed by atoms with Crippen LogP contribution in [0.25, 0.3) is 6.08 Å². The van der Waals surface area contributed by atoms with Crippen LogP contribution in [0.2, 0.25) is 5.02 Å². The van der Waals surface area contributed by atoms with Gasteiger partial charge >= 0.3 is 0 Å². The monoisotopic (exact) mass is 558 g/mol. The average Bonchev–Trinajstić information content (AvgIpc) is 2.96. The van der Waals surface area contributed by atoms with Gasteiger partial charge in [-0.05, 0) is 41.5 Å². The summed E-state index contributed by atoms with van der Waals surface area (Å²) >= 11 is 7.67. The number of methoxy groups -OCH3 is 2. The summed E-state index contributed by atoms with van der Waals surface area (Å²) in [4.78, 5) is 26.9. The van der Waals surface area contributed by atoms with E-state index in [1.54, 1.807) is 24.3 Å². The zero-order valence-electron chi connectivity index (χ0n) is 21.4. The Bertz CT molecular complexity index is 1460. The molecule has 0 fully saturated rings. The van der Waals surface area contributed by atoms with E-state index in [0.717, 1.165) is 16.0 Å². The Balaban J connectivity index is 1.53. The van der Waals surface area contributed by atoms with Crippen molar-refractivity contribution >= 4 is 52.6 Å². The smallest absolute Gasteiger partial charge is 0.248 e. The summed E-state index contributed by atoms with van der Waals surface area (Å²) in [5.41, 5.74) is 2.81. The Labute approximate surface area is 237 Å². The van der Waals surface area contributed by atoms with Gasteiger partial charge in [0.25, 0.3) is 0 Å². The fourth-order valence-corrected chi connectivity index (χ4v) is 5.08. The molecule has 2 N–H and O–H groups in total. The molecular formula is C31H27ClN2O4S. The van der Waals surface area contributed by atoms with E-state index < -0.39 is 5.25 Å². The van der Waals surface area contributed by atoms with Crippen molar-refractivity contribution < 1.29 is 19.1 Å². The minimum absolute atomic E-state index is 0.248. The highest BCUT2D eigenvalue weighted by Gasteiger charge is 2.24. The number of hydrogen-bond acceptors (Lipinski definition) is 5. The molecule has 6 nitrogen and oxygen atoms in total. The van der Waals surface area contributed by atoms with Gasteiger partial charge in [0.1, 0.15) is 16.7 Å². The molecule has 0 saturated heterocycles. The van der Waals surface area contributed by atoms with Gasteiger partial charge in [-0.3, -0.25) is 9.59 Å². The molecule has 1 atom stereocenters. The van der Waals surface area contributed by atoms with Crippen LogP contribution in [0.5, 0.6) is 11.5 Å². The number of nitrogens with one attached hydrogen (secondary N) is 2. The van der Waals surface area contributed by atoms with Crippen molar-refractivity contribution in [2.24, 2.45) is 0 Å². The van der Waals surface area contributed by atoms with Crippen molar-refractivity contribution in [2.75, 3.05) is 24.9 Å². The summed E-state index contributed by atoms with van der Waals surface area (Å²) < 4.78 is 10.7. The third-order valence-corrected chi connectivity index (χ3v) is 7.20. The molecule has 0 heterocycles. The molecule has 0 saturated carbocycles. The Hall–Kier alpha value is -4.20. The molecule has 0 aliphatic carbocycles. The molecule has 39 heavy (non-hydrogen) atoms. The minimum Gasteiger partial charge on any atom is -0.495 e. The van der Waals surface area contributed by atoms with Crippen LogP contribution in [0.15, 0.2) is 108 Å². The summed E-state index contributed by atoms with van der Waals surface area (Å²) in [6.07, 6.45) is 3.24. The van der Waals surface area contributed by atoms with E-state index in [1.807, 2.05) is 78.9 Å². The largest absolute Gasteiger partial charge is 0.495 e. The van der Waals surface area contributed by atoms with Gasteiger partial charge in [-0.15, -0.1) is 11.8 Å². The highest BCUT2D eigenvalue weighted by molar-refractivity contribution is 8.00. The lowest BCUT2D eigenvalue weighted by Gasteiger charge is -2.19. The third-order valence-electron chi connectivity index (χ3n) is 5.65. The van der Waals surface area contributed by atoms with Crippen molar-refractivity contribution in [3.63, 3.8) is 0 Å². The Morgan fingerprint density at radius 1 is 0.821 bits per heavy atom. The topological polar surface area (TPSA) is 76.7 Å². The molecule has 0 bridgehead atoms. The van der Waals surface area contributed by atoms with Gasteiger partial charge in [0.15, 0.2) is 0 Å². The van der Waals surface area contributed by atoms with E-state index in [2.05, 4.69) is 10.6 Å². The highest BCUT2D eigenvalue weighted by atomic mass is 35.5. The zero-order valence-corrected chi connectivity index (χ0v) is 23.0. The SMILES string of the molecule is COc1cc(OC)c(NC(=O)C(Sc2cccc(NC(=O)/C=C/c3ccccc3)c2)c2ccccc2)cc1Cl. The fraction of sp³-hybridized carbons (Fsp3) is 0.0968. The second kappa shape index (κ2) is 13.6. The molecule has 0 aromatic heterocycles. The van der Waals surface area contributed by atoms with Crippen LogP contribution in [0.1, 0.15) is 16.4 Å². The molecule has 0 spiro atoms. The minimum atomic E-state index is -0.597. The van der Waals surface area contributed by atoms with Gasteiger partial charge in [0.05, 0.1) is 24.9 Å². The number of amides is 2. The second-order valence-corrected chi connectivity index (χ2v) is 9.93. The molecule has 0 aliphatic rings. The fourth-order valence-electron chi connectivity index (χ4n) is 3.76. The number of carbonyl (C=O) groups excluding carboxylic acids is 2. The normalized spacial score (nSPS) is 11.6. The van der Waals surface area contributed by atoms with E-state index in [0.29, 0.717) is 27.9 Å². The molecule has 8 heteroatoms. The van der Waals surface area contributed by atoms with Gasteiger partial charge in [-0.25, -0.2) is 0 Å². The Morgan fingerprint density at radius 3 is 2.21 bits per heavy atom. The average molecular weight is 559 g/mol. The van der Waals surface area contributed by atoms with Crippen LogP contribution in [-0.2, 0) is 9.59 Å². The first-order chi connectivity index (χ1) is 19.0. The molecular weight excluding hydrogens is 532 g/mol. The maximum absolute atomic E-state index is 13.6. The number of thioether (sulfide) groups is 1. The first-order valence-electron chi connectivity index (χ1n) is 12.0. The predicted molar refractivity (Wildman–Crippen MR) is 159 cm³/mol. The Morgan fingerprint density at radius 2 is 1.51 bits per heavy atom. The lowest BCUT2D eigenvalue weighted by atomic mass is 10.1. The molecule has 4 aromatic rings. The maximum atomic E-state index is 13.6. The molecule has 2 amide bonds. The molecule has 198 valence electrons. The quantitative estimate of drug-likeness (QED) is 0.156. The number of rotatable bonds is 10. The van der Waals surface area contributed by atoms with Crippen LogP contribution in [0, 0.1) is 0 Å². The molecule has 0 radical (unpaired) electrons. The van der Waals surface area contributed by atoms with Gasteiger partial charge in [-0.1, -0.05) is 78.3 Å². The number of anilines is 2. The number of ether oxygens (including phenoxy) is 2. The third kappa shape index (κ3) is 7.66. The zero-order chi connectivity index (χ0) is 27.6. The van der Waals surface area contributed by atoms with E-state index in [9.17, 15) is 9.59 Å². The van der Waals surface area contributed by atoms with E-state index >= 15 is 0 Å². The van der Waals surface area contributed by atoms with E-state index in [4.69, 9.17) is 21.1 Å². The van der Waals surface area contributed by atoms with Crippen LogP contribution in [0.3, 0.4) is 0 Å².